The van der Waals surface area contributed by atoms with Gasteiger partial charge in [0.15, 0.2) is 0 Å². The molecule has 0 fully saturated rings. The van der Waals surface area contributed by atoms with Gasteiger partial charge in [-0.15, -0.1) is 11.8 Å². The van der Waals surface area contributed by atoms with Gasteiger partial charge in [0.2, 0.25) is 11.8 Å². The van der Waals surface area contributed by atoms with E-state index in [1.165, 1.54) is 11.8 Å². The second kappa shape index (κ2) is 8.74. The van der Waals surface area contributed by atoms with Gasteiger partial charge in [0.05, 0.1) is 11.0 Å². The third kappa shape index (κ3) is 6.08. The Balaban J connectivity index is 1.77. The maximum absolute atomic E-state index is 12.1. The van der Waals surface area contributed by atoms with Crippen molar-refractivity contribution in [3.8, 4) is 0 Å². The molecule has 0 bridgehead atoms. The molecule has 0 unspecified atom stereocenters. The van der Waals surface area contributed by atoms with Crippen LogP contribution in [0, 0.1) is 0 Å². The molecule has 2 N–H and O–H groups in total. The van der Waals surface area contributed by atoms with E-state index in [0.29, 0.717) is 0 Å². The second-order valence-corrected chi connectivity index (χ2v) is 7.11. The van der Waals surface area contributed by atoms with Crippen molar-refractivity contribution >= 4 is 50.9 Å². The normalized spacial score (nSPS) is 11.6. The van der Waals surface area contributed by atoms with Gasteiger partial charge in [0.1, 0.15) is 0 Å². The lowest BCUT2D eigenvalue weighted by Crippen LogP contribution is -2.25. The van der Waals surface area contributed by atoms with Crippen LogP contribution in [0.25, 0.3) is 0 Å². The number of carbonyl (C=O) groups is 2. The highest BCUT2D eigenvalue weighted by molar-refractivity contribution is 9.10. The van der Waals surface area contributed by atoms with E-state index in [4.69, 9.17) is 0 Å². The van der Waals surface area contributed by atoms with Gasteiger partial charge >= 0.3 is 0 Å². The maximum Gasteiger partial charge on any atom is 0.237 e. The lowest BCUT2D eigenvalue weighted by Gasteiger charge is -2.12. The monoisotopic (exact) mass is 392 g/mol. The molecular formula is C17H17BrN2O2S. The molecule has 2 aromatic carbocycles. The summed E-state index contributed by atoms with van der Waals surface area (Å²) >= 11 is 4.65. The van der Waals surface area contributed by atoms with E-state index in [1.54, 1.807) is 6.92 Å². The summed E-state index contributed by atoms with van der Waals surface area (Å²) in [6, 6.07) is 16.6. The molecule has 23 heavy (non-hydrogen) atoms. The van der Waals surface area contributed by atoms with Crippen LogP contribution in [0.15, 0.2) is 59.1 Å². The molecule has 2 amide bonds. The molecule has 0 aromatic heterocycles. The van der Waals surface area contributed by atoms with Crippen LogP contribution in [0.1, 0.15) is 6.92 Å². The molecule has 0 aliphatic carbocycles. The summed E-state index contributed by atoms with van der Waals surface area (Å²) in [5.41, 5.74) is 1.49. The Bertz CT molecular complexity index is 662. The van der Waals surface area contributed by atoms with Crippen LogP contribution in [0.3, 0.4) is 0 Å². The van der Waals surface area contributed by atoms with Crippen molar-refractivity contribution in [1.82, 2.24) is 0 Å². The number of hydrogen-bond donors (Lipinski definition) is 2. The molecule has 0 saturated carbocycles. The summed E-state index contributed by atoms with van der Waals surface area (Å²) in [7, 11) is 0. The number of halogens is 1. The fourth-order valence-corrected chi connectivity index (χ4v) is 2.72. The Morgan fingerprint density at radius 1 is 1.00 bits per heavy atom. The van der Waals surface area contributed by atoms with E-state index in [2.05, 4.69) is 26.6 Å². The molecule has 1 atom stereocenters. The van der Waals surface area contributed by atoms with Crippen molar-refractivity contribution < 1.29 is 9.59 Å². The van der Waals surface area contributed by atoms with E-state index in [-0.39, 0.29) is 22.8 Å². The first-order valence-corrected chi connectivity index (χ1v) is 8.91. The Hall–Kier alpha value is -1.79. The van der Waals surface area contributed by atoms with Crippen LogP contribution >= 0.6 is 27.7 Å². The van der Waals surface area contributed by atoms with E-state index in [1.807, 2.05) is 54.6 Å². The van der Waals surface area contributed by atoms with Gasteiger partial charge in [-0.2, -0.15) is 0 Å². The minimum Gasteiger partial charge on any atom is -0.325 e. The molecule has 4 nitrogen and oxygen atoms in total. The average Bonchev–Trinajstić information content (AvgIpc) is 2.55. The molecule has 0 radical (unpaired) electrons. The first kappa shape index (κ1) is 17.6. The maximum atomic E-state index is 12.1. The summed E-state index contributed by atoms with van der Waals surface area (Å²) in [5.74, 6) is -0.0154. The van der Waals surface area contributed by atoms with E-state index in [9.17, 15) is 9.59 Å². The zero-order chi connectivity index (χ0) is 16.7. The van der Waals surface area contributed by atoms with Gasteiger partial charge < -0.3 is 10.6 Å². The highest BCUT2D eigenvalue weighted by Crippen LogP contribution is 2.17. The van der Waals surface area contributed by atoms with Gasteiger partial charge in [-0.1, -0.05) is 34.1 Å². The van der Waals surface area contributed by atoms with Crippen LogP contribution in [-0.4, -0.2) is 22.8 Å². The molecule has 2 rings (SSSR count). The molecule has 2 aromatic rings. The summed E-state index contributed by atoms with van der Waals surface area (Å²) in [6.07, 6.45) is 0. The van der Waals surface area contributed by atoms with Crippen LogP contribution in [0.2, 0.25) is 0 Å². The Kier molecular flexibility index (Phi) is 6.67. The SMILES string of the molecule is C[C@H](SCC(=O)Nc1ccccc1)C(=O)Nc1ccc(Br)cc1. The summed E-state index contributed by atoms with van der Waals surface area (Å²) in [4.78, 5) is 24.0. The Morgan fingerprint density at radius 2 is 1.61 bits per heavy atom. The molecule has 0 saturated heterocycles. The lowest BCUT2D eigenvalue weighted by atomic mass is 10.3. The smallest absolute Gasteiger partial charge is 0.237 e. The highest BCUT2D eigenvalue weighted by atomic mass is 79.9. The van der Waals surface area contributed by atoms with E-state index >= 15 is 0 Å². The number of hydrogen-bond acceptors (Lipinski definition) is 3. The van der Waals surface area contributed by atoms with Crippen molar-refractivity contribution in [3.05, 3.63) is 59.1 Å². The summed E-state index contributed by atoms with van der Waals surface area (Å²) in [5, 5.41) is 5.31. The molecule has 0 spiro atoms. The van der Waals surface area contributed by atoms with Gasteiger partial charge in [0, 0.05) is 15.8 Å². The standard InChI is InChI=1S/C17H17BrN2O2S/c1-12(17(22)20-15-9-7-13(18)8-10-15)23-11-16(21)19-14-5-3-2-4-6-14/h2-10,12H,11H2,1H3,(H,19,21)(H,20,22)/t12-/m0/s1. The number of carbonyl (C=O) groups excluding carboxylic acids is 2. The third-order valence-electron chi connectivity index (χ3n) is 3.00. The first-order valence-electron chi connectivity index (χ1n) is 7.07. The summed E-state index contributed by atoms with van der Waals surface area (Å²) in [6.45, 7) is 1.79. The number of nitrogens with one attached hydrogen (secondary N) is 2. The minimum atomic E-state index is -0.319. The minimum absolute atomic E-state index is 0.121. The van der Waals surface area contributed by atoms with Gasteiger partial charge in [-0.25, -0.2) is 0 Å². The van der Waals surface area contributed by atoms with Crippen molar-refractivity contribution in [2.75, 3.05) is 16.4 Å². The Morgan fingerprint density at radius 3 is 2.26 bits per heavy atom. The summed E-state index contributed by atoms with van der Waals surface area (Å²) < 4.78 is 0.954. The molecule has 120 valence electrons. The predicted molar refractivity (Wildman–Crippen MR) is 99.8 cm³/mol. The third-order valence-corrected chi connectivity index (χ3v) is 4.67. The number of rotatable bonds is 6. The lowest BCUT2D eigenvalue weighted by molar-refractivity contribution is -0.115. The van der Waals surface area contributed by atoms with Gasteiger partial charge in [-0.3, -0.25) is 9.59 Å². The van der Waals surface area contributed by atoms with Gasteiger partial charge in [0.25, 0.3) is 0 Å². The Labute approximate surface area is 148 Å². The fourth-order valence-electron chi connectivity index (χ4n) is 1.77. The number of anilines is 2. The average molecular weight is 393 g/mol. The quantitative estimate of drug-likeness (QED) is 0.775. The number of benzene rings is 2. The first-order chi connectivity index (χ1) is 11.0. The highest BCUT2D eigenvalue weighted by Gasteiger charge is 2.15. The molecule has 0 aliphatic rings. The zero-order valence-electron chi connectivity index (χ0n) is 12.6. The van der Waals surface area contributed by atoms with Crippen LogP contribution in [0.4, 0.5) is 11.4 Å². The molecule has 6 heteroatoms. The van der Waals surface area contributed by atoms with Crippen LogP contribution in [-0.2, 0) is 9.59 Å². The number of para-hydroxylation sites is 1. The molecule has 0 heterocycles. The van der Waals surface area contributed by atoms with E-state index < -0.39 is 0 Å². The van der Waals surface area contributed by atoms with Crippen molar-refractivity contribution in [1.29, 1.82) is 0 Å². The largest absolute Gasteiger partial charge is 0.325 e. The fraction of sp³-hybridized carbons (Fsp3) is 0.176. The number of thioether (sulfide) groups is 1. The number of amides is 2. The second-order valence-electron chi connectivity index (χ2n) is 4.86. The van der Waals surface area contributed by atoms with E-state index in [0.717, 1.165) is 15.8 Å². The van der Waals surface area contributed by atoms with Crippen molar-refractivity contribution in [3.63, 3.8) is 0 Å². The molecular weight excluding hydrogens is 376 g/mol. The van der Waals surface area contributed by atoms with Gasteiger partial charge in [-0.05, 0) is 43.3 Å². The predicted octanol–water partition coefficient (Wildman–Crippen LogP) is 4.15. The van der Waals surface area contributed by atoms with Crippen LogP contribution in [0.5, 0.6) is 0 Å². The zero-order valence-corrected chi connectivity index (χ0v) is 15.0. The van der Waals surface area contributed by atoms with Crippen molar-refractivity contribution in [2.45, 2.75) is 12.2 Å². The molecule has 0 aliphatic heterocycles. The van der Waals surface area contributed by atoms with Crippen LogP contribution < -0.4 is 10.6 Å². The topological polar surface area (TPSA) is 58.2 Å². The van der Waals surface area contributed by atoms with Crippen molar-refractivity contribution in [2.24, 2.45) is 0 Å².